The third-order valence-electron chi connectivity index (χ3n) is 3.22. The van der Waals surface area contributed by atoms with Crippen LogP contribution in [0.5, 0.6) is 0 Å². The summed E-state index contributed by atoms with van der Waals surface area (Å²) in [5, 5.41) is 2.58. The van der Waals surface area contributed by atoms with E-state index in [-0.39, 0.29) is 23.4 Å². The van der Waals surface area contributed by atoms with E-state index in [0.717, 1.165) is 12.8 Å². The van der Waals surface area contributed by atoms with Gasteiger partial charge in [0.2, 0.25) is 15.9 Å². The van der Waals surface area contributed by atoms with Crippen molar-refractivity contribution < 1.29 is 13.2 Å². The fraction of sp³-hybridized carbons (Fsp3) is 0.462. The van der Waals surface area contributed by atoms with Crippen molar-refractivity contribution in [3.05, 3.63) is 24.3 Å². The van der Waals surface area contributed by atoms with Crippen LogP contribution in [0.1, 0.15) is 19.8 Å². The molecule has 1 amide bonds. The van der Waals surface area contributed by atoms with Crippen LogP contribution in [0.15, 0.2) is 29.2 Å². The van der Waals surface area contributed by atoms with Gasteiger partial charge in [-0.25, -0.2) is 13.1 Å². The van der Waals surface area contributed by atoms with Crippen molar-refractivity contribution in [2.45, 2.75) is 30.7 Å². The third-order valence-corrected chi connectivity index (χ3v) is 4.66. The monoisotopic (exact) mass is 297 g/mol. The van der Waals surface area contributed by atoms with Gasteiger partial charge in [-0.3, -0.25) is 4.79 Å². The van der Waals surface area contributed by atoms with Gasteiger partial charge in [0.15, 0.2) is 0 Å². The summed E-state index contributed by atoms with van der Waals surface area (Å²) in [7, 11) is -3.55. The minimum atomic E-state index is -3.55. The Morgan fingerprint density at radius 3 is 2.45 bits per heavy atom. The first kappa shape index (κ1) is 15.0. The molecule has 20 heavy (non-hydrogen) atoms. The van der Waals surface area contributed by atoms with Crippen LogP contribution in [-0.4, -0.2) is 26.9 Å². The van der Waals surface area contributed by atoms with Crippen molar-refractivity contribution in [2.24, 2.45) is 11.7 Å². The molecule has 0 saturated heterocycles. The number of anilines is 1. The number of amides is 1. The quantitative estimate of drug-likeness (QED) is 0.718. The summed E-state index contributed by atoms with van der Waals surface area (Å²) in [6, 6.07) is 5.89. The molecule has 0 aromatic heterocycles. The summed E-state index contributed by atoms with van der Waals surface area (Å²) in [6.45, 7) is 1.64. The molecule has 1 aliphatic rings. The van der Waals surface area contributed by atoms with Gasteiger partial charge in [0, 0.05) is 25.2 Å². The van der Waals surface area contributed by atoms with Gasteiger partial charge in [-0.1, -0.05) is 0 Å². The maximum atomic E-state index is 12.1. The average Bonchev–Trinajstić information content (AvgIpc) is 3.20. The van der Waals surface area contributed by atoms with Gasteiger partial charge < -0.3 is 11.1 Å². The first-order valence-electron chi connectivity index (χ1n) is 6.51. The standard InChI is InChI=1S/C13H19N3O3S/c1-9(17)16-11-4-6-12(7-5-11)20(18,19)15-8-13(14)10-2-3-10/h4-7,10,13,15H,2-3,8,14H2,1H3,(H,16,17). The van der Waals surface area contributed by atoms with Crippen LogP contribution in [0, 0.1) is 5.92 Å². The van der Waals surface area contributed by atoms with Gasteiger partial charge in [-0.2, -0.15) is 0 Å². The Hall–Kier alpha value is -1.44. The summed E-state index contributed by atoms with van der Waals surface area (Å²) in [6.07, 6.45) is 2.16. The smallest absolute Gasteiger partial charge is 0.240 e. The summed E-state index contributed by atoms with van der Waals surface area (Å²) in [4.78, 5) is 11.0. The molecule has 110 valence electrons. The summed E-state index contributed by atoms with van der Waals surface area (Å²) in [5.74, 6) is 0.244. The van der Waals surface area contributed by atoms with Crippen LogP contribution >= 0.6 is 0 Å². The van der Waals surface area contributed by atoms with Crippen LogP contribution in [0.25, 0.3) is 0 Å². The molecule has 1 unspecified atom stereocenters. The maximum Gasteiger partial charge on any atom is 0.240 e. The van der Waals surface area contributed by atoms with Gasteiger partial charge >= 0.3 is 0 Å². The summed E-state index contributed by atoms with van der Waals surface area (Å²) in [5.41, 5.74) is 6.43. The lowest BCUT2D eigenvalue weighted by molar-refractivity contribution is -0.114. The molecule has 7 heteroatoms. The highest BCUT2D eigenvalue weighted by atomic mass is 32.2. The Bertz CT molecular complexity index is 579. The van der Waals surface area contributed by atoms with E-state index >= 15 is 0 Å². The second kappa shape index (κ2) is 5.90. The molecule has 1 aromatic rings. The normalized spacial score (nSPS) is 16.7. The fourth-order valence-corrected chi connectivity index (χ4v) is 2.97. The van der Waals surface area contributed by atoms with E-state index in [1.807, 2.05) is 0 Å². The van der Waals surface area contributed by atoms with Gasteiger partial charge in [-0.05, 0) is 43.0 Å². The molecule has 0 aliphatic heterocycles. The van der Waals surface area contributed by atoms with Crippen molar-refractivity contribution in [1.29, 1.82) is 0 Å². The van der Waals surface area contributed by atoms with E-state index in [1.54, 1.807) is 12.1 Å². The molecule has 0 heterocycles. The van der Waals surface area contributed by atoms with Gasteiger partial charge in [0.05, 0.1) is 4.90 Å². The van der Waals surface area contributed by atoms with E-state index in [1.165, 1.54) is 19.1 Å². The summed E-state index contributed by atoms with van der Waals surface area (Å²) < 4.78 is 26.6. The van der Waals surface area contributed by atoms with E-state index in [4.69, 9.17) is 5.73 Å². The van der Waals surface area contributed by atoms with Crippen molar-refractivity contribution >= 4 is 21.6 Å². The van der Waals surface area contributed by atoms with Gasteiger partial charge in [-0.15, -0.1) is 0 Å². The number of sulfonamides is 1. The molecular formula is C13H19N3O3S. The predicted molar refractivity (Wildman–Crippen MR) is 76.6 cm³/mol. The molecule has 0 spiro atoms. The molecule has 1 atom stereocenters. The lowest BCUT2D eigenvalue weighted by atomic mass is 10.2. The van der Waals surface area contributed by atoms with Crippen LogP contribution in [-0.2, 0) is 14.8 Å². The van der Waals surface area contributed by atoms with E-state index in [2.05, 4.69) is 10.0 Å². The molecule has 1 fully saturated rings. The molecule has 0 bridgehead atoms. The Balaban J connectivity index is 1.99. The average molecular weight is 297 g/mol. The fourth-order valence-electron chi connectivity index (χ4n) is 1.90. The van der Waals surface area contributed by atoms with Crippen LogP contribution in [0.3, 0.4) is 0 Å². The van der Waals surface area contributed by atoms with Crippen molar-refractivity contribution in [2.75, 3.05) is 11.9 Å². The van der Waals surface area contributed by atoms with Crippen LogP contribution in [0.2, 0.25) is 0 Å². The molecule has 1 aromatic carbocycles. The third kappa shape index (κ3) is 4.03. The molecule has 1 aliphatic carbocycles. The Kier molecular flexibility index (Phi) is 4.42. The Morgan fingerprint density at radius 1 is 1.35 bits per heavy atom. The number of hydrogen-bond acceptors (Lipinski definition) is 4. The minimum absolute atomic E-state index is 0.122. The molecule has 0 radical (unpaired) electrons. The predicted octanol–water partition coefficient (Wildman–Crippen LogP) is 0.661. The number of rotatable bonds is 6. The highest BCUT2D eigenvalue weighted by Crippen LogP contribution is 2.31. The molecule has 6 nitrogen and oxygen atoms in total. The molecule has 4 N–H and O–H groups in total. The maximum absolute atomic E-state index is 12.1. The van der Waals surface area contributed by atoms with Crippen molar-refractivity contribution in [1.82, 2.24) is 4.72 Å². The number of carbonyl (C=O) groups is 1. The SMILES string of the molecule is CC(=O)Nc1ccc(S(=O)(=O)NCC(N)C2CC2)cc1. The van der Waals surface area contributed by atoms with E-state index in [9.17, 15) is 13.2 Å². The Labute approximate surface area is 118 Å². The second-order valence-electron chi connectivity index (χ2n) is 5.06. The first-order valence-corrected chi connectivity index (χ1v) is 8.00. The number of benzene rings is 1. The number of nitrogens with two attached hydrogens (primary N) is 1. The highest BCUT2D eigenvalue weighted by Gasteiger charge is 2.29. The van der Waals surface area contributed by atoms with Gasteiger partial charge in [0.25, 0.3) is 0 Å². The van der Waals surface area contributed by atoms with Crippen LogP contribution < -0.4 is 15.8 Å². The lowest BCUT2D eigenvalue weighted by Gasteiger charge is -2.12. The first-order chi connectivity index (χ1) is 9.38. The number of hydrogen-bond donors (Lipinski definition) is 3. The molecular weight excluding hydrogens is 278 g/mol. The highest BCUT2D eigenvalue weighted by molar-refractivity contribution is 7.89. The summed E-state index contributed by atoms with van der Waals surface area (Å²) >= 11 is 0. The molecule has 2 rings (SSSR count). The second-order valence-corrected chi connectivity index (χ2v) is 6.83. The zero-order valence-corrected chi connectivity index (χ0v) is 12.1. The largest absolute Gasteiger partial charge is 0.326 e. The lowest BCUT2D eigenvalue weighted by Crippen LogP contribution is -2.38. The van der Waals surface area contributed by atoms with E-state index < -0.39 is 10.0 Å². The topological polar surface area (TPSA) is 101 Å². The molecule has 1 saturated carbocycles. The number of nitrogens with one attached hydrogen (secondary N) is 2. The zero-order chi connectivity index (χ0) is 14.8. The minimum Gasteiger partial charge on any atom is -0.326 e. The van der Waals surface area contributed by atoms with Crippen LogP contribution in [0.4, 0.5) is 5.69 Å². The van der Waals surface area contributed by atoms with E-state index in [0.29, 0.717) is 11.6 Å². The van der Waals surface area contributed by atoms with Gasteiger partial charge in [0.1, 0.15) is 0 Å². The Morgan fingerprint density at radius 2 is 1.95 bits per heavy atom. The zero-order valence-electron chi connectivity index (χ0n) is 11.3. The number of carbonyl (C=O) groups excluding carboxylic acids is 1. The van der Waals surface area contributed by atoms with Crippen molar-refractivity contribution in [3.63, 3.8) is 0 Å². The van der Waals surface area contributed by atoms with Crippen molar-refractivity contribution in [3.8, 4) is 0 Å².